The Balaban J connectivity index is 1.96. The zero-order chi connectivity index (χ0) is 11.5. The highest BCUT2D eigenvalue weighted by Crippen LogP contribution is 2.08. The zero-order valence-corrected chi connectivity index (χ0v) is 9.73. The first-order valence-corrected chi connectivity index (χ1v) is 5.70. The molecule has 88 valence electrons. The topological polar surface area (TPSA) is 58.9 Å². The fourth-order valence-electron chi connectivity index (χ4n) is 2.02. The molecule has 16 heavy (non-hydrogen) atoms. The maximum atomic E-state index is 11.9. The summed E-state index contributed by atoms with van der Waals surface area (Å²) in [6, 6.07) is 2.28. The molecule has 0 bridgehead atoms. The summed E-state index contributed by atoms with van der Waals surface area (Å²) >= 11 is 0. The van der Waals surface area contributed by atoms with Crippen LogP contribution in [0.4, 0.5) is 0 Å². The van der Waals surface area contributed by atoms with E-state index in [0.717, 1.165) is 19.4 Å². The molecule has 2 atom stereocenters. The van der Waals surface area contributed by atoms with E-state index in [4.69, 9.17) is 0 Å². The van der Waals surface area contributed by atoms with Crippen LogP contribution in [-0.4, -0.2) is 34.3 Å². The van der Waals surface area contributed by atoms with Gasteiger partial charge in [0.25, 0.3) is 5.91 Å². The number of nitrogens with zero attached hydrogens (tertiary/aromatic N) is 2. The third kappa shape index (κ3) is 2.41. The molecular formula is C11H18N4O. The normalized spacial score (nSPS) is 25.4. The summed E-state index contributed by atoms with van der Waals surface area (Å²) in [4.78, 5) is 11.9. The fourth-order valence-corrected chi connectivity index (χ4v) is 2.02. The maximum Gasteiger partial charge on any atom is 0.272 e. The van der Waals surface area contributed by atoms with Gasteiger partial charge in [-0.3, -0.25) is 9.48 Å². The lowest BCUT2D eigenvalue weighted by Crippen LogP contribution is -2.52. The first-order chi connectivity index (χ1) is 7.66. The van der Waals surface area contributed by atoms with Gasteiger partial charge in [0.15, 0.2) is 0 Å². The minimum atomic E-state index is -0.0823. The molecule has 0 aliphatic carbocycles. The van der Waals surface area contributed by atoms with Gasteiger partial charge in [-0.05, 0) is 32.4 Å². The van der Waals surface area contributed by atoms with Gasteiger partial charge < -0.3 is 10.6 Å². The number of piperidine rings is 1. The maximum absolute atomic E-state index is 11.9. The molecular weight excluding hydrogens is 204 g/mol. The Hall–Kier alpha value is -1.36. The second-order valence-corrected chi connectivity index (χ2v) is 4.34. The van der Waals surface area contributed by atoms with Gasteiger partial charge in [-0.1, -0.05) is 0 Å². The fraction of sp³-hybridized carbons (Fsp3) is 0.636. The molecule has 1 aromatic rings. The predicted octanol–water partition coefficient (Wildman–Crippen LogP) is 0.290. The van der Waals surface area contributed by atoms with Crippen molar-refractivity contribution in [2.45, 2.75) is 31.8 Å². The van der Waals surface area contributed by atoms with Crippen LogP contribution in [0.15, 0.2) is 12.3 Å². The van der Waals surface area contributed by atoms with Crippen molar-refractivity contribution in [1.82, 2.24) is 20.4 Å². The SMILES string of the molecule is CC1NCCCC1NC(=O)c1ccn(C)n1. The molecule has 0 saturated carbocycles. The Morgan fingerprint density at radius 3 is 3.12 bits per heavy atom. The lowest BCUT2D eigenvalue weighted by molar-refractivity contribution is 0.0914. The van der Waals surface area contributed by atoms with Gasteiger partial charge in [0.05, 0.1) is 0 Å². The van der Waals surface area contributed by atoms with Crippen molar-refractivity contribution in [3.05, 3.63) is 18.0 Å². The van der Waals surface area contributed by atoms with E-state index in [2.05, 4.69) is 22.7 Å². The van der Waals surface area contributed by atoms with Crippen LogP contribution in [0.2, 0.25) is 0 Å². The largest absolute Gasteiger partial charge is 0.346 e. The van der Waals surface area contributed by atoms with Crippen molar-refractivity contribution >= 4 is 5.91 Å². The minimum absolute atomic E-state index is 0.0823. The second kappa shape index (κ2) is 4.65. The van der Waals surface area contributed by atoms with Gasteiger partial charge in [0.2, 0.25) is 0 Å². The number of aryl methyl sites for hydroxylation is 1. The highest BCUT2D eigenvalue weighted by atomic mass is 16.2. The van der Waals surface area contributed by atoms with Crippen molar-refractivity contribution in [1.29, 1.82) is 0 Å². The summed E-state index contributed by atoms with van der Waals surface area (Å²) in [6.07, 6.45) is 3.92. The Kier molecular flexibility index (Phi) is 3.24. The molecule has 1 amide bonds. The molecule has 2 N–H and O–H groups in total. The van der Waals surface area contributed by atoms with Crippen LogP contribution >= 0.6 is 0 Å². The second-order valence-electron chi connectivity index (χ2n) is 4.34. The highest BCUT2D eigenvalue weighted by molar-refractivity contribution is 5.92. The molecule has 2 heterocycles. The third-order valence-corrected chi connectivity index (χ3v) is 3.02. The third-order valence-electron chi connectivity index (χ3n) is 3.02. The molecule has 0 spiro atoms. The van der Waals surface area contributed by atoms with Crippen molar-refractivity contribution in [3.8, 4) is 0 Å². The zero-order valence-electron chi connectivity index (χ0n) is 9.73. The molecule has 0 aromatic carbocycles. The molecule has 5 nitrogen and oxygen atoms in total. The lowest BCUT2D eigenvalue weighted by Gasteiger charge is -2.30. The minimum Gasteiger partial charge on any atom is -0.346 e. The van der Waals surface area contributed by atoms with E-state index in [1.54, 1.807) is 16.9 Å². The summed E-state index contributed by atoms with van der Waals surface area (Å²) in [7, 11) is 1.81. The smallest absolute Gasteiger partial charge is 0.272 e. The van der Waals surface area contributed by atoms with Crippen LogP contribution in [0.5, 0.6) is 0 Å². The Morgan fingerprint density at radius 2 is 2.50 bits per heavy atom. The van der Waals surface area contributed by atoms with Crippen LogP contribution < -0.4 is 10.6 Å². The van der Waals surface area contributed by atoms with Crippen molar-refractivity contribution in [2.24, 2.45) is 7.05 Å². The molecule has 1 saturated heterocycles. The Bertz CT molecular complexity index is 374. The standard InChI is InChI=1S/C11H18N4O/c1-8-9(4-3-6-12-8)13-11(16)10-5-7-15(2)14-10/h5,7-9,12H,3-4,6H2,1-2H3,(H,13,16). The predicted molar refractivity (Wildman–Crippen MR) is 61.2 cm³/mol. The van der Waals surface area contributed by atoms with Crippen LogP contribution in [0, 0.1) is 0 Å². The Labute approximate surface area is 95.2 Å². The van der Waals surface area contributed by atoms with Crippen molar-refractivity contribution in [2.75, 3.05) is 6.54 Å². The lowest BCUT2D eigenvalue weighted by atomic mass is 10.00. The average molecular weight is 222 g/mol. The van der Waals surface area contributed by atoms with E-state index in [0.29, 0.717) is 11.7 Å². The van der Waals surface area contributed by atoms with E-state index >= 15 is 0 Å². The summed E-state index contributed by atoms with van der Waals surface area (Å²) in [5.41, 5.74) is 0.486. The summed E-state index contributed by atoms with van der Waals surface area (Å²) in [5.74, 6) is -0.0823. The van der Waals surface area contributed by atoms with Crippen LogP contribution in [0.25, 0.3) is 0 Å². The molecule has 1 aromatic heterocycles. The van der Waals surface area contributed by atoms with Gasteiger partial charge in [0.1, 0.15) is 5.69 Å². The average Bonchev–Trinajstić information content (AvgIpc) is 2.68. The number of aromatic nitrogens is 2. The first kappa shape index (κ1) is 11.1. The van der Waals surface area contributed by atoms with E-state index < -0.39 is 0 Å². The number of carbonyl (C=O) groups is 1. The number of nitrogens with one attached hydrogen (secondary N) is 2. The Morgan fingerprint density at radius 1 is 1.69 bits per heavy atom. The summed E-state index contributed by atoms with van der Waals surface area (Å²) < 4.78 is 1.64. The van der Waals surface area contributed by atoms with E-state index in [-0.39, 0.29) is 11.9 Å². The monoisotopic (exact) mass is 222 g/mol. The molecule has 0 radical (unpaired) electrons. The number of hydrogen-bond acceptors (Lipinski definition) is 3. The van der Waals surface area contributed by atoms with Gasteiger partial charge in [-0.15, -0.1) is 0 Å². The molecule has 5 heteroatoms. The van der Waals surface area contributed by atoms with Crippen LogP contribution in [0.1, 0.15) is 30.3 Å². The molecule has 1 aliphatic heterocycles. The first-order valence-electron chi connectivity index (χ1n) is 5.70. The van der Waals surface area contributed by atoms with Gasteiger partial charge in [0, 0.05) is 25.3 Å². The number of carbonyl (C=O) groups excluding carboxylic acids is 1. The van der Waals surface area contributed by atoms with Crippen molar-refractivity contribution < 1.29 is 4.79 Å². The van der Waals surface area contributed by atoms with Gasteiger partial charge >= 0.3 is 0 Å². The van der Waals surface area contributed by atoms with Crippen LogP contribution in [0.3, 0.4) is 0 Å². The van der Waals surface area contributed by atoms with E-state index in [1.165, 1.54) is 0 Å². The number of rotatable bonds is 2. The summed E-state index contributed by atoms with van der Waals surface area (Å²) in [6.45, 7) is 3.14. The van der Waals surface area contributed by atoms with Crippen molar-refractivity contribution in [3.63, 3.8) is 0 Å². The number of amides is 1. The number of hydrogen-bond donors (Lipinski definition) is 2. The van der Waals surface area contributed by atoms with E-state index in [9.17, 15) is 4.79 Å². The highest BCUT2D eigenvalue weighted by Gasteiger charge is 2.23. The van der Waals surface area contributed by atoms with Gasteiger partial charge in [-0.25, -0.2) is 0 Å². The molecule has 2 unspecified atom stereocenters. The molecule has 2 rings (SSSR count). The van der Waals surface area contributed by atoms with Gasteiger partial charge in [-0.2, -0.15) is 5.10 Å². The molecule has 1 aliphatic rings. The summed E-state index contributed by atoms with van der Waals surface area (Å²) in [5, 5.41) is 10.5. The van der Waals surface area contributed by atoms with E-state index in [1.807, 2.05) is 7.05 Å². The molecule has 1 fully saturated rings. The van der Waals surface area contributed by atoms with Crippen LogP contribution in [-0.2, 0) is 7.05 Å². The quantitative estimate of drug-likeness (QED) is 0.756.